The minimum absolute atomic E-state index is 0.224. The van der Waals surface area contributed by atoms with Gasteiger partial charge in [0.1, 0.15) is 0 Å². The molecule has 0 atom stereocenters. The van der Waals surface area contributed by atoms with E-state index in [9.17, 15) is 9.59 Å². The lowest BCUT2D eigenvalue weighted by atomic mass is 10.1. The predicted molar refractivity (Wildman–Crippen MR) is 169 cm³/mol. The van der Waals surface area contributed by atoms with Gasteiger partial charge in [-0.2, -0.15) is 0 Å². The van der Waals surface area contributed by atoms with E-state index in [0.29, 0.717) is 12.8 Å². The molecule has 39 heavy (non-hydrogen) atoms. The van der Waals surface area contributed by atoms with Gasteiger partial charge in [0.05, 0.1) is 54.4 Å². The summed E-state index contributed by atoms with van der Waals surface area (Å²) in [6.07, 6.45) is 22.1. The van der Waals surface area contributed by atoms with Crippen molar-refractivity contribution in [2.24, 2.45) is 0 Å². The van der Waals surface area contributed by atoms with E-state index in [1.165, 1.54) is 83.5 Å². The van der Waals surface area contributed by atoms with E-state index in [-0.39, 0.29) is 11.8 Å². The number of nitrogens with one attached hydrogen (secondary N) is 2. The van der Waals surface area contributed by atoms with Crippen molar-refractivity contribution in [1.82, 2.24) is 10.6 Å². The third kappa shape index (κ3) is 26.8. The second kappa shape index (κ2) is 24.6. The number of amides is 2. The van der Waals surface area contributed by atoms with Crippen molar-refractivity contribution in [3.63, 3.8) is 0 Å². The molecule has 0 aliphatic rings. The molecule has 0 saturated carbocycles. The van der Waals surface area contributed by atoms with E-state index in [1.807, 2.05) is 0 Å². The van der Waals surface area contributed by atoms with Gasteiger partial charge in [-0.05, 0) is 12.8 Å². The van der Waals surface area contributed by atoms with Gasteiger partial charge in [0.25, 0.3) is 0 Å². The largest absolute Gasteiger partial charge is 0.356 e. The van der Waals surface area contributed by atoms with Gasteiger partial charge in [0.2, 0.25) is 11.8 Å². The van der Waals surface area contributed by atoms with Crippen molar-refractivity contribution in [3.05, 3.63) is 0 Å². The first-order valence-electron chi connectivity index (χ1n) is 16.8. The summed E-state index contributed by atoms with van der Waals surface area (Å²) in [6.45, 7) is 10.6. The zero-order valence-electron chi connectivity index (χ0n) is 27.4. The summed E-state index contributed by atoms with van der Waals surface area (Å²) in [7, 11) is 9.23. The second-order valence-corrected chi connectivity index (χ2v) is 13.3. The Kier molecular flexibility index (Phi) is 23.9. The van der Waals surface area contributed by atoms with E-state index in [0.717, 1.165) is 73.9 Å². The van der Waals surface area contributed by atoms with Gasteiger partial charge >= 0.3 is 0 Å². The van der Waals surface area contributed by atoms with Crippen LogP contribution in [0.4, 0.5) is 0 Å². The number of unbranched alkanes of at least 4 members (excludes halogenated alkanes) is 12. The van der Waals surface area contributed by atoms with E-state index in [2.05, 4.69) is 52.7 Å². The highest BCUT2D eigenvalue weighted by atomic mass is 16.2. The highest BCUT2D eigenvalue weighted by Crippen LogP contribution is 2.10. The van der Waals surface area contributed by atoms with Crippen LogP contribution >= 0.6 is 0 Å². The van der Waals surface area contributed by atoms with Gasteiger partial charge in [0, 0.05) is 45.2 Å². The summed E-state index contributed by atoms with van der Waals surface area (Å²) in [4.78, 5) is 24.2. The lowest BCUT2D eigenvalue weighted by Crippen LogP contribution is -2.47. The van der Waals surface area contributed by atoms with Crippen LogP contribution in [0.2, 0.25) is 0 Å². The first kappa shape index (κ1) is 37.9. The molecular formula is C33H70N4O2+2. The van der Waals surface area contributed by atoms with Crippen molar-refractivity contribution in [3.8, 4) is 0 Å². The molecule has 0 rings (SSSR count). The number of hydrogen-bond acceptors (Lipinski definition) is 2. The molecule has 0 heterocycles. The van der Waals surface area contributed by atoms with Crippen molar-refractivity contribution in [2.45, 2.75) is 136 Å². The lowest BCUT2D eigenvalue weighted by Gasteiger charge is -2.33. The topological polar surface area (TPSA) is 58.2 Å². The van der Waals surface area contributed by atoms with Crippen LogP contribution in [0, 0.1) is 0 Å². The SMILES string of the molecule is CCCCCCCCCC(=O)NCCC[N+](C)(C)CCC[N+](C)(C)CCCNC(=O)CCCCCCCCC. The van der Waals surface area contributed by atoms with Crippen LogP contribution in [0.25, 0.3) is 0 Å². The molecule has 0 aliphatic carbocycles. The number of hydrogen-bond donors (Lipinski definition) is 2. The van der Waals surface area contributed by atoms with Gasteiger partial charge in [-0.15, -0.1) is 0 Å². The molecule has 2 amide bonds. The van der Waals surface area contributed by atoms with Gasteiger partial charge in [-0.25, -0.2) is 0 Å². The van der Waals surface area contributed by atoms with Crippen LogP contribution in [-0.4, -0.2) is 88.2 Å². The molecule has 0 radical (unpaired) electrons. The normalized spacial score (nSPS) is 12.1. The Morgan fingerprint density at radius 1 is 0.436 bits per heavy atom. The van der Waals surface area contributed by atoms with Crippen molar-refractivity contribution >= 4 is 11.8 Å². The van der Waals surface area contributed by atoms with Gasteiger partial charge in [-0.1, -0.05) is 90.9 Å². The van der Waals surface area contributed by atoms with Crippen LogP contribution < -0.4 is 10.6 Å². The highest BCUT2D eigenvalue weighted by molar-refractivity contribution is 5.76. The minimum atomic E-state index is 0.224. The fraction of sp³-hybridized carbons (Fsp3) is 0.939. The third-order valence-corrected chi connectivity index (χ3v) is 8.07. The molecule has 0 aliphatic heterocycles. The van der Waals surface area contributed by atoms with E-state index in [4.69, 9.17) is 0 Å². The Morgan fingerprint density at radius 2 is 0.744 bits per heavy atom. The molecule has 0 bridgehead atoms. The van der Waals surface area contributed by atoms with Crippen LogP contribution in [0.15, 0.2) is 0 Å². The molecule has 0 fully saturated rings. The molecule has 0 aromatic heterocycles. The maximum Gasteiger partial charge on any atom is 0.219 e. The molecule has 0 saturated heterocycles. The maximum absolute atomic E-state index is 12.1. The minimum Gasteiger partial charge on any atom is -0.356 e. The Labute approximate surface area is 244 Å². The Hall–Kier alpha value is -1.14. The summed E-state index contributed by atoms with van der Waals surface area (Å²) in [6, 6.07) is 0. The lowest BCUT2D eigenvalue weighted by molar-refractivity contribution is -0.909. The molecule has 2 N–H and O–H groups in total. The number of quaternary nitrogens is 2. The number of rotatable bonds is 28. The zero-order valence-corrected chi connectivity index (χ0v) is 27.4. The van der Waals surface area contributed by atoms with Crippen molar-refractivity contribution in [1.29, 1.82) is 0 Å². The monoisotopic (exact) mass is 555 g/mol. The second-order valence-electron chi connectivity index (χ2n) is 13.3. The summed E-state index contributed by atoms with van der Waals surface area (Å²) in [5.41, 5.74) is 0. The van der Waals surface area contributed by atoms with Crippen LogP contribution in [0.1, 0.15) is 136 Å². The van der Waals surface area contributed by atoms with Gasteiger partial charge in [-0.3, -0.25) is 9.59 Å². The summed E-state index contributed by atoms with van der Waals surface area (Å²) < 4.78 is 2.00. The summed E-state index contributed by atoms with van der Waals surface area (Å²) >= 11 is 0. The maximum atomic E-state index is 12.1. The fourth-order valence-electron chi connectivity index (χ4n) is 5.28. The fourth-order valence-corrected chi connectivity index (χ4v) is 5.28. The average Bonchev–Trinajstić information content (AvgIpc) is 2.88. The van der Waals surface area contributed by atoms with Crippen molar-refractivity contribution < 1.29 is 18.6 Å². The Balaban J connectivity index is 3.78. The van der Waals surface area contributed by atoms with Crippen LogP contribution in [0.5, 0.6) is 0 Å². The molecule has 232 valence electrons. The summed E-state index contributed by atoms with van der Waals surface area (Å²) in [5, 5.41) is 6.25. The predicted octanol–water partition coefficient (Wildman–Crippen LogP) is 6.82. The molecule has 0 aromatic rings. The average molecular weight is 555 g/mol. The smallest absolute Gasteiger partial charge is 0.219 e. The van der Waals surface area contributed by atoms with Crippen LogP contribution in [-0.2, 0) is 9.59 Å². The molecule has 6 nitrogen and oxygen atoms in total. The Morgan fingerprint density at radius 3 is 1.10 bits per heavy atom. The first-order chi connectivity index (χ1) is 18.6. The molecule has 0 aromatic carbocycles. The molecule has 0 spiro atoms. The number of nitrogens with zero attached hydrogens (tertiary/aromatic N) is 2. The standard InChI is InChI=1S/C33H68N4O2/c1-7-9-11-13-15-17-19-24-32(38)34-26-21-28-36(3,4)30-23-31-37(5,6)29-22-27-35-33(39)25-20-18-16-14-12-10-8-2/h7-31H2,1-6H3/p+2. The van der Waals surface area contributed by atoms with E-state index >= 15 is 0 Å². The Bertz CT molecular complexity index is 542. The van der Waals surface area contributed by atoms with Crippen molar-refractivity contribution in [2.75, 3.05) is 67.5 Å². The van der Waals surface area contributed by atoms with E-state index < -0.39 is 0 Å². The highest BCUT2D eigenvalue weighted by Gasteiger charge is 2.19. The first-order valence-corrected chi connectivity index (χ1v) is 16.8. The third-order valence-electron chi connectivity index (χ3n) is 8.07. The van der Waals surface area contributed by atoms with Gasteiger partial charge in [0.15, 0.2) is 0 Å². The van der Waals surface area contributed by atoms with Crippen LogP contribution in [0.3, 0.4) is 0 Å². The summed E-state index contributed by atoms with van der Waals surface area (Å²) in [5.74, 6) is 0.448. The molecule has 0 unspecified atom stereocenters. The molecule has 6 heteroatoms. The van der Waals surface area contributed by atoms with Gasteiger partial charge < -0.3 is 19.6 Å². The zero-order chi connectivity index (χ0) is 29.2. The number of carbonyl (C=O) groups excluding carboxylic acids is 2. The quantitative estimate of drug-likeness (QED) is 0.0823. The molecular weight excluding hydrogens is 484 g/mol. The van der Waals surface area contributed by atoms with E-state index in [1.54, 1.807) is 0 Å². The number of carbonyl (C=O) groups is 2.